The van der Waals surface area contributed by atoms with Gasteiger partial charge in [0.05, 0.1) is 19.6 Å². The molecule has 0 heterocycles. The molecule has 31 heavy (non-hydrogen) atoms. The van der Waals surface area contributed by atoms with Crippen LogP contribution < -0.4 is 29.6 Å². The Morgan fingerprint density at radius 2 is 1.16 bits per heavy atom. The van der Waals surface area contributed by atoms with Crippen LogP contribution in [0, 0.1) is 11.8 Å². The van der Waals surface area contributed by atoms with Gasteiger partial charge in [-0.15, -0.1) is 0 Å². The van der Waals surface area contributed by atoms with E-state index in [4.69, 9.17) is 9.47 Å². The van der Waals surface area contributed by atoms with Crippen molar-refractivity contribution in [1.29, 1.82) is 0 Å². The van der Waals surface area contributed by atoms with Crippen LogP contribution in [0.1, 0.15) is 98.3 Å². The summed E-state index contributed by atoms with van der Waals surface area (Å²) in [5.74, 6) is -0.723. The molecule has 0 fully saturated rings. The van der Waals surface area contributed by atoms with E-state index in [1.54, 1.807) is 0 Å². The van der Waals surface area contributed by atoms with Crippen LogP contribution in [0.25, 0.3) is 0 Å². The zero-order chi connectivity index (χ0) is 23.0. The summed E-state index contributed by atoms with van der Waals surface area (Å²) in [4.78, 5) is 23.9. The second-order valence-electron chi connectivity index (χ2n) is 8.77. The van der Waals surface area contributed by atoms with Crippen molar-refractivity contribution in [2.75, 3.05) is 13.2 Å². The molecule has 7 nitrogen and oxygen atoms in total. The molecule has 0 aliphatic carbocycles. The van der Waals surface area contributed by atoms with Gasteiger partial charge in [-0.2, -0.15) is 0 Å². The van der Waals surface area contributed by atoms with E-state index in [0.717, 1.165) is 51.4 Å². The average Bonchev–Trinajstić information content (AvgIpc) is 2.62. The predicted octanol–water partition coefficient (Wildman–Crippen LogP) is 1.59. The van der Waals surface area contributed by atoms with Gasteiger partial charge in [0, 0.05) is 0 Å². The average molecular weight is 473 g/mol. The number of esters is 2. The Labute approximate surface area is 211 Å². The van der Waals surface area contributed by atoms with Gasteiger partial charge in [-0.25, -0.2) is 8.42 Å². The maximum Gasteiger partial charge on any atom is 1.00 e. The van der Waals surface area contributed by atoms with Crippen molar-refractivity contribution in [2.45, 2.75) is 104 Å². The molecular weight excluding hydrogens is 431 g/mol. The molecule has 0 saturated carbocycles. The van der Waals surface area contributed by atoms with Crippen LogP contribution in [-0.4, -0.2) is 43.4 Å². The summed E-state index contributed by atoms with van der Waals surface area (Å²) < 4.78 is 44.1. The molecular formula is C22H41NaO7S. The van der Waals surface area contributed by atoms with E-state index >= 15 is 0 Å². The Hall–Kier alpha value is -0.150. The molecule has 0 spiro atoms. The monoisotopic (exact) mass is 472 g/mol. The molecule has 0 bridgehead atoms. The largest absolute Gasteiger partial charge is 1.00 e. The third-order valence-electron chi connectivity index (χ3n) is 4.82. The Morgan fingerprint density at radius 3 is 1.58 bits per heavy atom. The van der Waals surface area contributed by atoms with Gasteiger partial charge in [-0.05, 0) is 24.7 Å². The van der Waals surface area contributed by atoms with E-state index in [1.165, 1.54) is 0 Å². The van der Waals surface area contributed by atoms with Crippen LogP contribution in [0.2, 0.25) is 0 Å². The topological polar surface area (TPSA) is 110 Å². The molecule has 9 heteroatoms. The van der Waals surface area contributed by atoms with Crippen molar-refractivity contribution >= 4 is 22.1 Å². The SMILES string of the molecule is CC(C)CCCCCCOC(=O)CC(C(=O)OCCCCCCC(C)C)S(=O)(=O)[O-].[Na+]. The molecule has 0 aliphatic heterocycles. The zero-order valence-corrected chi connectivity index (χ0v) is 23.0. The molecule has 0 aromatic rings. The summed E-state index contributed by atoms with van der Waals surface area (Å²) in [6.45, 7) is 8.84. The number of rotatable bonds is 18. The molecule has 178 valence electrons. The van der Waals surface area contributed by atoms with Gasteiger partial charge in [-0.1, -0.05) is 79.1 Å². The molecule has 0 aliphatic rings. The van der Waals surface area contributed by atoms with E-state index in [0.29, 0.717) is 24.7 Å². The molecule has 0 saturated heterocycles. The minimum atomic E-state index is -5.00. The van der Waals surface area contributed by atoms with Gasteiger partial charge in [0.1, 0.15) is 10.1 Å². The number of hydrogen-bond acceptors (Lipinski definition) is 7. The Kier molecular flexibility index (Phi) is 20.6. The van der Waals surface area contributed by atoms with Crippen LogP contribution in [0.5, 0.6) is 0 Å². The number of carbonyl (C=O) groups is 2. The molecule has 0 aromatic carbocycles. The van der Waals surface area contributed by atoms with Crippen molar-refractivity contribution in [3.05, 3.63) is 0 Å². The van der Waals surface area contributed by atoms with Crippen LogP contribution in [-0.2, 0) is 29.2 Å². The summed E-state index contributed by atoms with van der Waals surface area (Å²) in [6.07, 6.45) is 8.76. The third-order valence-corrected chi connectivity index (χ3v) is 5.88. The van der Waals surface area contributed by atoms with Crippen LogP contribution in [0.15, 0.2) is 0 Å². The van der Waals surface area contributed by atoms with Crippen LogP contribution >= 0.6 is 0 Å². The standard InChI is InChI=1S/C22H42O7S.Na/c1-18(2)13-9-5-7-11-15-28-21(23)17-20(30(25,26)27)22(24)29-16-12-8-6-10-14-19(3)4;/h18-20H,5-17H2,1-4H3,(H,25,26,27);/q;+1/p-1. The predicted molar refractivity (Wildman–Crippen MR) is 116 cm³/mol. The maximum atomic E-state index is 12.0. The molecule has 1 unspecified atom stereocenters. The van der Waals surface area contributed by atoms with Gasteiger partial charge in [0.25, 0.3) is 0 Å². The molecule has 0 rings (SSSR count). The summed E-state index contributed by atoms with van der Waals surface area (Å²) in [6, 6.07) is 0. The zero-order valence-electron chi connectivity index (χ0n) is 20.2. The first-order valence-corrected chi connectivity index (χ1v) is 12.8. The summed E-state index contributed by atoms with van der Waals surface area (Å²) in [5, 5.41) is -2.04. The summed E-state index contributed by atoms with van der Waals surface area (Å²) in [5.41, 5.74) is 0. The van der Waals surface area contributed by atoms with E-state index in [9.17, 15) is 22.6 Å². The molecule has 0 aromatic heterocycles. The van der Waals surface area contributed by atoms with Crippen molar-refractivity contribution in [2.24, 2.45) is 11.8 Å². The Balaban J connectivity index is 0. The normalized spacial score (nSPS) is 12.5. The van der Waals surface area contributed by atoms with Crippen molar-refractivity contribution in [1.82, 2.24) is 0 Å². The number of carbonyl (C=O) groups excluding carboxylic acids is 2. The molecule has 0 amide bonds. The van der Waals surface area contributed by atoms with Gasteiger partial charge < -0.3 is 14.0 Å². The van der Waals surface area contributed by atoms with Crippen molar-refractivity contribution < 1.29 is 61.6 Å². The Morgan fingerprint density at radius 1 is 0.742 bits per heavy atom. The van der Waals surface area contributed by atoms with Gasteiger partial charge in [0.2, 0.25) is 0 Å². The fourth-order valence-electron chi connectivity index (χ4n) is 2.98. The second-order valence-corrected chi connectivity index (χ2v) is 10.3. The molecule has 0 radical (unpaired) electrons. The van der Waals surface area contributed by atoms with E-state index < -0.39 is 33.7 Å². The van der Waals surface area contributed by atoms with E-state index in [-0.39, 0.29) is 42.8 Å². The first kappa shape index (κ1) is 33.0. The second kappa shape index (κ2) is 19.3. The van der Waals surface area contributed by atoms with Gasteiger partial charge in [0.15, 0.2) is 5.25 Å². The summed E-state index contributed by atoms with van der Waals surface area (Å²) >= 11 is 0. The van der Waals surface area contributed by atoms with E-state index in [2.05, 4.69) is 27.7 Å². The number of hydrogen-bond donors (Lipinski definition) is 0. The van der Waals surface area contributed by atoms with Gasteiger partial charge in [-0.3, -0.25) is 9.59 Å². The smallest absolute Gasteiger partial charge is 0.747 e. The first-order valence-electron chi connectivity index (χ1n) is 11.3. The van der Waals surface area contributed by atoms with Crippen LogP contribution in [0.3, 0.4) is 0 Å². The van der Waals surface area contributed by atoms with E-state index in [1.807, 2.05) is 0 Å². The molecule has 1 atom stereocenters. The fourth-order valence-corrected chi connectivity index (χ4v) is 3.63. The summed E-state index contributed by atoms with van der Waals surface area (Å²) in [7, 11) is -5.00. The third kappa shape index (κ3) is 20.2. The molecule has 0 N–H and O–H groups in total. The maximum absolute atomic E-state index is 12.0. The number of unbranched alkanes of at least 4 members (excludes halogenated alkanes) is 6. The minimum absolute atomic E-state index is 0. The first-order chi connectivity index (χ1) is 14.0. The minimum Gasteiger partial charge on any atom is -0.747 e. The van der Waals surface area contributed by atoms with Gasteiger partial charge >= 0.3 is 41.5 Å². The fraction of sp³-hybridized carbons (Fsp3) is 0.909. The van der Waals surface area contributed by atoms with Crippen molar-refractivity contribution in [3.8, 4) is 0 Å². The number of ether oxygens (including phenoxy) is 2. The van der Waals surface area contributed by atoms with Crippen LogP contribution in [0.4, 0.5) is 0 Å². The van der Waals surface area contributed by atoms with Crippen molar-refractivity contribution in [3.63, 3.8) is 0 Å². The quantitative estimate of drug-likeness (QED) is 0.129. The Bertz CT molecular complexity index is 576.